The summed E-state index contributed by atoms with van der Waals surface area (Å²) in [5, 5.41) is 10.2. The third kappa shape index (κ3) is 2.85. The molecule has 3 aromatic carbocycles. The van der Waals surface area contributed by atoms with Crippen LogP contribution in [0.2, 0.25) is 0 Å². The van der Waals surface area contributed by atoms with Crippen molar-refractivity contribution in [1.29, 1.82) is 0 Å². The first-order chi connectivity index (χ1) is 13.3. The normalized spacial score (nSPS) is 14.2. The maximum Gasteiger partial charge on any atom is 0.143 e. The third-order valence-electron chi connectivity index (χ3n) is 5.24. The first kappa shape index (κ1) is 16.0. The molecule has 0 amide bonds. The lowest BCUT2D eigenvalue weighted by molar-refractivity contribution is 0.480. The third-order valence-corrected chi connectivity index (χ3v) is 5.24. The van der Waals surface area contributed by atoms with Gasteiger partial charge in [-0.25, -0.2) is 9.97 Å². The Hall–Kier alpha value is -3.20. The van der Waals surface area contributed by atoms with E-state index in [1.807, 2.05) is 36.4 Å². The summed E-state index contributed by atoms with van der Waals surface area (Å²) >= 11 is 0. The van der Waals surface area contributed by atoms with Gasteiger partial charge in [0.05, 0.1) is 16.9 Å². The molecule has 1 fully saturated rings. The highest BCUT2D eigenvalue weighted by atomic mass is 16.3. The Bertz CT molecular complexity index is 1100. The van der Waals surface area contributed by atoms with Crippen LogP contribution in [-0.2, 0) is 0 Å². The summed E-state index contributed by atoms with van der Waals surface area (Å²) in [5.74, 6) is 1.69. The van der Waals surface area contributed by atoms with Gasteiger partial charge in [0.15, 0.2) is 0 Å². The molecule has 3 nitrogen and oxygen atoms in total. The fourth-order valence-corrected chi connectivity index (χ4v) is 3.57. The van der Waals surface area contributed by atoms with Gasteiger partial charge in [-0.2, -0.15) is 0 Å². The molecule has 1 aliphatic rings. The van der Waals surface area contributed by atoms with Crippen LogP contribution < -0.4 is 0 Å². The molecule has 4 aromatic rings. The highest BCUT2D eigenvalue weighted by Crippen LogP contribution is 2.37. The molecule has 0 aliphatic heterocycles. The quantitative estimate of drug-likeness (QED) is 0.509. The second kappa shape index (κ2) is 6.51. The molecular weight excluding hydrogens is 332 g/mol. The van der Waals surface area contributed by atoms with Gasteiger partial charge in [-0.3, -0.25) is 0 Å². The summed E-state index contributed by atoms with van der Waals surface area (Å²) in [6.45, 7) is 0. The molecule has 1 radical (unpaired) electrons. The summed E-state index contributed by atoms with van der Waals surface area (Å²) in [6, 6.07) is 24.0. The lowest BCUT2D eigenvalue weighted by atomic mass is 9.80. The largest absolute Gasteiger partial charge is 0.506 e. The second-order valence-electron chi connectivity index (χ2n) is 6.97. The highest BCUT2D eigenvalue weighted by Gasteiger charge is 2.20. The van der Waals surface area contributed by atoms with E-state index in [4.69, 9.17) is 9.97 Å². The Balaban J connectivity index is 1.69. The van der Waals surface area contributed by atoms with Crippen LogP contribution in [0.3, 0.4) is 0 Å². The molecule has 1 aliphatic carbocycles. The van der Waals surface area contributed by atoms with Gasteiger partial charge < -0.3 is 5.11 Å². The number of hydrogen-bond donors (Lipinski definition) is 1. The SMILES string of the molecule is Oc1cccc2nc(-c3ccc([C]4CCC4)cc3)c(-c3ccccc3)nc12. The van der Waals surface area contributed by atoms with Gasteiger partial charge in [0.25, 0.3) is 0 Å². The lowest BCUT2D eigenvalue weighted by Gasteiger charge is -2.25. The second-order valence-corrected chi connectivity index (χ2v) is 6.97. The first-order valence-corrected chi connectivity index (χ1v) is 9.30. The van der Waals surface area contributed by atoms with E-state index in [0.29, 0.717) is 11.0 Å². The van der Waals surface area contributed by atoms with Crippen LogP contribution in [0.4, 0.5) is 0 Å². The Morgan fingerprint density at radius 3 is 2.00 bits per heavy atom. The highest BCUT2D eigenvalue weighted by molar-refractivity contribution is 5.89. The van der Waals surface area contributed by atoms with E-state index in [0.717, 1.165) is 22.5 Å². The van der Waals surface area contributed by atoms with Crippen molar-refractivity contribution in [2.75, 3.05) is 0 Å². The van der Waals surface area contributed by atoms with E-state index in [2.05, 4.69) is 24.3 Å². The van der Waals surface area contributed by atoms with Crippen molar-refractivity contribution in [3.8, 4) is 28.3 Å². The molecule has 0 unspecified atom stereocenters. The summed E-state index contributed by atoms with van der Waals surface area (Å²) in [5.41, 5.74) is 6.21. The molecular formula is C24H19N2O. The van der Waals surface area contributed by atoms with Crippen molar-refractivity contribution in [1.82, 2.24) is 9.97 Å². The molecule has 0 saturated heterocycles. The van der Waals surface area contributed by atoms with E-state index >= 15 is 0 Å². The van der Waals surface area contributed by atoms with E-state index in [1.54, 1.807) is 18.1 Å². The van der Waals surface area contributed by atoms with Gasteiger partial charge in [-0.1, -0.05) is 67.1 Å². The first-order valence-electron chi connectivity index (χ1n) is 9.30. The van der Waals surface area contributed by atoms with E-state index in [-0.39, 0.29) is 5.75 Å². The van der Waals surface area contributed by atoms with Gasteiger partial charge in [-0.05, 0) is 30.5 Å². The Kier molecular flexibility index (Phi) is 3.86. The number of fused-ring (bicyclic) bond motifs is 1. The maximum absolute atomic E-state index is 10.2. The van der Waals surface area contributed by atoms with Gasteiger partial charge in [-0.15, -0.1) is 0 Å². The van der Waals surface area contributed by atoms with Gasteiger partial charge >= 0.3 is 0 Å². The molecule has 131 valence electrons. The molecule has 1 aromatic heterocycles. The van der Waals surface area contributed by atoms with Gasteiger partial charge in [0, 0.05) is 17.0 Å². The molecule has 1 N–H and O–H groups in total. The number of aromatic nitrogens is 2. The monoisotopic (exact) mass is 351 g/mol. The number of hydrogen-bond acceptors (Lipinski definition) is 3. The van der Waals surface area contributed by atoms with Crippen molar-refractivity contribution in [3.05, 3.63) is 84.3 Å². The number of aromatic hydroxyl groups is 1. The molecule has 27 heavy (non-hydrogen) atoms. The smallest absolute Gasteiger partial charge is 0.143 e. The standard InChI is InChI=1S/C24H19N2O/c27-21-11-5-10-20-24(21)26-23(18-6-2-1-3-7-18)22(25-20)19-14-12-17(13-15-19)16-8-4-9-16/h1-3,5-7,10-15,27H,4,8-9H2. The zero-order valence-corrected chi connectivity index (χ0v) is 14.9. The lowest BCUT2D eigenvalue weighted by Crippen LogP contribution is -2.09. The van der Waals surface area contributed by atoms with Crippen LogP contribution in [0.1, 0.15) is 24.8 Å². The minimum absolute atomic E-state index is 0.153. The Labute approximate surface area is 158 Å². The van der Waals surface area contributed by atoms with E-state index < -0.39 is 0 Å². The topological polar surface area (TPSA) is 46.0 Å². The van der Waals surface area contributed by atoms with Crippen LogP contribution >= 0.6 is 0 Å². The molecule has 3 heteroatoms. The van der Waals surface area contributed by atoms with E-state index in [9.17, 15) is 5.11 Å². The predicted octanol–water partition coefficient (Wildman–Crippen LogP) is 5.78. The summed E-state index contributed by atoms with van der Waals surface area (Å²) in [6.07, 6.45) is 3.72. The van der Waals surface area contributed by atoms with Crippen molar-refractivity contribution < 1.29 is 5.11 Å². The number of rotatable bonds is 3. The van der Waals surface area contributed by atoms with Crippen LogP contribution in [0, 0.1) is 5.92 Å². The van der Waals surface area contributed by atoms with Crippen LogP contribution in [-0.4, -0.2) is 15.1 Å². The average Bonchev–Trinajstić information content (AvgIpc) is 2.67. The minimum Gasteiger partial charge on any atom is -0.506 e. The number of benzene rings is 3. The zero-order chi connectivity index (χ0) is 18.2. The van der Waals surface area contributed by atoms with Crippen molar-refractivity contribution in [2.45, 2.75) is 19.3 Å². The Morgan fingerprint density at radius 2 is 1.30 bits per heavy atom. The zero-order valence-electron chi connectivity index (χ0n) is 14.9. The molecule has 0 atom stereocenters. The molecule has 1 heterocycles. The maximum atomic E-state index is 10.2. The van der Waals surface area contributed by atoms with Crippen molar-refractivity contribution in [2.24, 2.45) is 0 Å². The molecule has 0 spiro atoms. The number of nitrogens with zero attached hydrogens (tertiary/aromatic N) is 2. The molecule has 5 rings (SSSR count). The predicted molar refractivity (Wildman–Crippen MR) is 108 cm³/mol. The average molecular weight is 351 g/mol. The van der Waals surface area contributed by atoms with Crippen LogP contribution in [0.25, 0.3) is 33.5 Å². The molecule has 1 saturated carbocycles. The fourth-order valence-electron chi connectivity index (χ4n) is 3.57. The van der Waals surface area contributed by atoms with Gasteiger partial charge in [0.1, 0.15) is 11.3 Å². The van der Waals surface area contributed by atoms with E-state index in [1.165, 1.54) is 24.8 Å². The fraction of sp³-hybridized carbons (Fsp3) is 0.125. The number of phenolic OH excluding ortho intramolecular Hbond substituents is 1. The van der Waals surface area contributed by atoms with Crippen LogP contribution in [0.5, 0.6) is 5.75 Å². The van der Waals surface area contributed by atoms with Crippen molar-refractivity contribution >= 4 is 11.0 Å². The summed E-state index contributed by atoms with van der Waals surface area (Å²) in [7, 11) is 0. The minimum atomic E-state index is 0.153. The summed E-state index contributed by atoms with van der Waals surface area (Å²) < 4.78 is 0. The summed E-state index contributed by atoms with van der Waals surface area (Å²) in [4.78, 5) is 9.65. The Morgan fingerprint density at radius 1 is 0.630 bits per heavy atom. The van der Waals surface area contributed by atoms with Crippen LogP contribution in [0.15, 0.2) is 72.8 Å². The molecule has 0 bridgehead atoms. The van der Waals surface area contributed by atoms with Crippen molar-refractivity contribution in [3.63, 3.8) is 0 Å². The number of phenols is 1. The van der Waals surface area contributed by atoms with Gasteiger partial charge in [0.2, 0.25) is 0 Å². The number of para-hydroxylation sites is 1.